The first-order valence-electron chi connectivity index (χ1n) is 10.5. The SMILES string of the molecule is CCCOC(=O)Nc1ccc(N(C)c2ccc(C(C)C)cc2)cc1-c1ccccc1. The molecule has 3 rings (SSSR count). The van der Waals surface area contributed by atoms with Crippen molar-refractivity contribution in [2.24, 2.45) is 0 Å². The first-order chi connectivity index (χ1) is 14.5. The Hall–Kier alpha value is -3.27. The maximum atomic E-state index is 12.1. The number of hydrogen-bond donors (Lipinski definition) is 1. The molecular formula is C26H30N2O2. The Balaban J connectivity index is 1.93. The molecular weight excluding hydrogens is 372 g/mol. The van der Waals surface area contributed by atoms with Crippen LogP contribution in [0.15, 0.2) is 72.8 Å². The van der Waals surface area contributed by atoms with Crippen LogP contribution in [-0.4, -0.2) is 19.7 Å². The number of nitrogens with zero attached hydrogens (tertiary/aromatic N) is 1. The highest BCUT2D eigenvalue weighted by molar-refractivity contribution is 5.93. The molecule has 156 valence electrons. The smallest absolute Gasteiger partial charge is 0.411 e. The molecule has 0 aliphatic carbocycles. The van der Waals surface area contributed by atoms with Crippen LogP contribution in [0.2, 0.25) is 0 Å². The lowest BCUT2D eigenvalue weighted by Crippen LogP contribution is -2.15. The molecule has 0 bridgehead atoms. The third-order valence-electron chi connectivity index (χ3n) is 5.10. The van der Waals surface area contributed by atoms with Crippen LogP contribution < -0.4 is 10.2 Å². The van der Waals surface area contributed by atoms with E-state index in [0.717, 1.165) is 34.6 Å². The maximum Gasteiger partial charge on any atom is 0.411 e. The van der Waals surface area contributed by atoms with Gasteiger partial charge in [-0.3, -0.25) is 5.32 Å². The van der Waals surface area contributed by atoms with Crippen molar-refractivity contribution in [3.63, 3.8) is 0 Å². The van der Waals surface area contributed by atoms with Crippen LogP contribution in [-0.2, 0) is 4.74 Å². The summed E-state index contributed by atoms with van der Waals surface area (Å²) < 4.78 is 5.20. The first-order valence-corrected chi connectivity index (χ1v) is 10.5. The molecule has 0 aromatic heterocycles. The Morgan fingerprint density at radius 2 is 1.63 bits per heavy atom. The normalized spacial score (nSPS) is 10.7. The minimum Gasteiger partial charge on any atom is -0.449 e. The number of carbonyl (C=O) groups excluding carboxylic acids is 1. The summed E-state index contributed by atoms with van der Waals surface area (Å²) in [6, 6.07) is 24.7. The van der Waals surface area contributed by atoms with Gasteiger partial charge in [0, 0.05) is 24.0 Å². The highest BCUT2D eigenvalue weighted by atomic mass is 16.5. The lowest BCUT2D eigenvalue weighted by atomic mass is 10.0. The average Bonchev–Trinajstić information content (AvgIpc) is 2.78. The van der Waals surface area contributed by atoms with E-state index in [1.165, 1.54) is 5.56 Å². The molecule has 1 N–H and O–H groups in total. The Morgan fingerprint density at radius 3 is 2.27 bits per heavy atom. The predicted octanol–water partition coefficient (Wildman–Crippen LogP) is 7.20. The van der Waals surface area contributed by atoms with Gasteiger partial charge in [-0.05, 0) is 53.8 Å². The van der Waals surface area contributed by atoms with Gasteiger partial charge in [-0.25, -0.2) is 4.79 Å². The van der Waals surface area contributed by atoms with E-state index in [1.807, 2.05) is 49.4 Å². The topological polar surface area (TPSA) is 41.6 Å². The van der Waals surface area contributed by atoms with E-state index in [-0.39, 0.29) is 0 Å². The van der Waals surface area contributed by atoms with Crippen LogP contribution >= 0.6 is 0 Å². The van der Waals surface area contributed by atoms with Crippen molar-refractivity contribution in [2.75, 3.05) is 23.9 Å². The quantitative estimate of drug-likeness (QED) is 0.454. The summed E-state index contributed by atoms with van der Waals surface area (Å²) in [4.78, 5) is 14.3. The maximum absolute atomic E-state index is 12.1. The molecule has 0 fully saturated rings. The summed E-state index contributed by atoms with van der Waals surface area (Å²) in [6.45, 7) is 6.77. The van der Waals surface area contributed by atoms with Crippen molar-refractivity contribution in [1.82, 2.24) is 0 Å². The molecule has 0 heterocycles. The number of anilines is 3. The fourth-order valence-electron chi connectivity index (χ4n) is 3.28. The van der Waals surface area contributed by atoms with Crippen LogP contribution in [0.1, 0.15) is 38.7 Å². The number of carbonyl (C=O) groups is 1. The second-order valence-corrected chi connectivity index (χ2v) is 7.66. The van der Waals surface area contributed by atoms with Crippen LogP contribution in [0.4, 0.5) is 21.9 Å². The van der Waals surface area contributed by atoms with Crippen LogP contribution in [0.25, 0.3) is 11.1 Å². The molecule has 4 heteroatoms. The fraction of sp³-hybridized carbons (Fsp3) is 0.269. The lowest BCUT2D eigenvalue weighted by molar-refractivity contribution is 0.161. The lowest BCUT2D eigenvalue weighted by Gasteiger charge is -2.22. The molecule has 0 aliphatic heterocycles. The van der Waals surface area contributed by atoms with Crippen molar-refractivity contribution in [2.45, 2.75) is 33.1 Å². The van der Waals surface area contributed by atoms with E-state index >= 15 is 0 Å². The van der Waals surface area contributed by atoms with Gasteiger partial charge in [-0.15, -0.1) is 0 Å². The Kier molecular flexibility index (Phi) is 7.12. The Labute approximate surface area is 179 Å². The standard InChI is InChI=1S/C26H30N2O2/c1-5-17-30-26(29)27-25-16-15-23(18-24(25)21-9-7-6-8-10-21)28(4)22-13-11-20(12-14-22)19(2)3/h6-16,18-19H,5,17H2,1-4H3,(H,27,29). The van der Waals surface area contributed by atoms with E-state index in [4.69, 9.17) is 4.74 Å². The second-order valence-electron chi connectivity index (χ2n) is 7.66. The van der Waals surface area contributed by atoms with Crippen molar-refractivity contribution in [3.05, 3.63) is 78.4 Å². The van der Waals surface area contributed by atoms with Crippen molar-refractivity contribution >= 4 is 23.2 Å². The third-order valence-corrected chi connectivity index (χ3v) is 5.10. The van der Waals surface area contributed by atoms with Crippen molar-refractivity contribution in [3.8, 4) is 11.1 Å². The van der Waals surface area contributed by atoms with E-state index in [1.54, 1.807) is 0 Å². The number of ether oxygens (including phenoxy) is 1. The van der Waals surface area contributed by atoms with Gasteiger partial charge in [0.05, 0.1) is 12.3 Å². The van der Waals surface area contributed by atoms with Crippen molar-refractivity contribution in [1.29, 1.82) is 0 Å². The van der Waals surface area contributed by atoms with Gasteiger partial charge in [0.15, 0.2) is 0 Å². The molecule has 4 nitrogen and oxygen atoms in total. The van der Waals surface area contributed by atoms with Crippen LogP contribution in [0.5, 0.6) is 0 Å². The largest absolute Gasteiger partial charge is 0.449 e. The molecule has 3 aromatic carbocycles. The Bertz CT molecular complexity index is 966. The molecule has 1 amide bonds. The first kappa shape index (κ1) is 21.4. The number of benzene rings is 3. The van der Waals surface area contributed by atoms with E-state index < -0.39 is 6.09 Å². The van der Waals surface area contributed by atoms with Crippen LogP contribution in [0, 0.1) is 0 Å². The zero-order chi connectivity index (χ0) is 21.5. The minimum atomic E-state index is -0.431. The van der Waals surface area contributed by atoms with Crippen molar-refractivity contribution < 1.29 is 9.53 Å². The van der Waals surface area contributed by atoms with Gasteiger partial charge >= 0.3 is 6.09 Å². The molecule has 0 saturated heterocycles. The number of hydrogen-bond acceptors (Lipinski definition) is 3. The van der Waals surface area contributed by atoms with E-state index in [2.05, 4.69) is 61.4 Å². The zero-order valence-corrected chi connectivity index (χ0v) is 18.2. The molecule has 0 aliphatic rings. The van der Waals surface area contributed by atoms with Gasteiger partial charge in [0.25, 0.3) is 0 Å². The summed E-state index contributed by atoms with van der Waals surface area (Å²) in [5, 5.41) is 2.89. The fourth-order valence-corrected chi connectivity index (χ4v) is 3.28. The molecule has 0 radical (unpaired) electrons. The van der Waals surface area contributed by atoms with Gasteiger partial charge < -0.3 is 9.64 Å². The molecule has 0 unspecified atom stereocenters. The van der Waals surface area contributed by atoms with Gasteiger partial charge in [-0.2, -0.15) is 0 Å². The second kappa shape index (κ2) is 9.97. The summed E-state index contributed by atoms with van der Waals surface area (Å²) in [6.07, 6.45) is 0.359. The van der Waals surface area contributed by atoms with E-state index in [9.17, 15) is 4.79 Å². The third kappa shape index (κ3) is 5.20. The molecule has 3 aromatic rings. The minimum absolute atomic E-state index is 0.402. The molecule has 0 atom stereocenters. The highest BCUT2D eigenvalue weighted by Crippen LogP contribution is 2.34. The van der Waals surface area contributed by atoms with Gasteiger partial charge in [0.2, 0.25) is 0 Å². The summed E-state index contributed by atoms with van der Waals surface area (Å²) in [5.41, 5.74) is 6.19. The van der Waals surface area contributed by atoms with Gasteiger partial charge in [-0.1, -0.05) is 63.2 Å². The predicted molar refractivity (Wildman–Crippen MR) is 126 cm³/mol. The van der Waals surface area contributed by atoms with Gasteiger partial charge in [0.1, 0.15) is 0 Å². The number of amides is 1. The number of nitrogens with one attached hydrogen (secondary N) is 1. The molecule has 0 spiro atoms. The Morgan fingerprint density at radius 1 is 0.967 bits per heavy atom. The van der Waals surface area contributed by atoms with E-state index in [0.29, 0.717) is 12.5 Å². The summed E-state index contributed by atoms with van der Waals surface area (Å²) >= 11 is 0. The summed E-state index contributed by atoms with van der Waals surface area (Å²) in [5.74, 6) is 0.506. The monoisotopic (exact) mass is 402 g/mol. The average molecular weight is 403 g/mol. The highest BCUT2D eigenvalue weighted by Gasteiger charge is 2.13. The number of rotatable bonds is 7. The van der Waals surface area contributed by atoms with Crippen LogP contribution in [0.3, 0.4) is 0 Å². The molecule has 0 saturated carbocycles. The zero-order valence-electron chi connectivity index (χ0n) is 18.2. The summed E-state index contributed by atoms with van der Waals surface area (Å²) in [7, 11) is 2.05. The molecule has 30 heavy (non-hydrogen) atoms.